The highest BCUT2D eigenvalue weighted by molar-refractivity contribution is 4.90. The van der Waals surface area contributed by atoms with E-state index in [1.54, 1.807) is 0 Å². The van der Waals surface area contributed by atoms with Gasteiger partial charge in [-0.25, -0.2) is 0 Å². The van der Waals surface area contributed by atoms with Crippen LogP contribution in [0.4, 0.5) is 0 Å². The van der Waals surface area contributed by atoms with E-state index in [4.69, 9.17) is 4.74 Å². The Bertz CT molecular complexity index is 234. The van der Waals surface area contributed by atoms with Gasteiger partial charge in [0.15, 0.2) is 0 Å². The van der Waals surface area contributed by atoms with Gasteiger partial charge in [-0.05, 0) is 26.2 Å². The van der Waals surface area contributed by atoms with Gasteiger partial charge >= 0.3 is 0 Å². The first-order valence-electron chi connectivity index (χ1n) is 6.65. The normalized spacial score (nSPS) is 44.8. The molecule has 2 aliphatic rings. The van der Waals surface area contributed by atoms with Crippen LogP contribution in [0.3, 0.4) is 0 Å². The van der Waals surface area contributed by atoms with Crippen molar-refractivity contribution in [1.82, 2.24) is 5.32 Å². The maximum Gasteiger partial charge on any atom is 0.0700 e. The Hall–Kier alpha value is -0.120. The van der Waals surface area contributed by atoms with E-state index in [2.05, 4.69) is 19.2 Å². The fourth-order valence-electron chi connectivity index (χ4n) is 2.95. The lowest BCUT2D eigenvalue weighted by Crippen LogP contribution is -2.47. The molecule has 0 aromatic carbocycles. The molecule has 1 aliphatic carbocycles. The fraction of sp³-hybridized carbons (Fsp3) is 1.00. The average Bonchev–Trinajstić information content (AvgIpc) is 2.66. The van der Waals surface area contributed by atoms with Crippen molar-refractivity contribution >= 4 is 0 Å². The topological polar surface area (TPSA) is 41.5 Å². The van der Waals surface area contributed by atoms with E-state index in [0.29, 0.717) is 12.1 Å². The number of aliphatic hydroxyl groups excluding tert-OH is 1. The molecule has 1 saturated heterocycles. The molecule has 2 N–H and O–H groups in total. The molecule has 0 spiro atoms. The number of nitrogens with one attached hydrogen (secondary N) is 1. The van der Waals surface area contributed by atoms with Crippen molar-refractivity contribution in [2.45, 2.75) is 64.2 Å². The molecule has 0 radical (unpaired) electrons. The molecule has 3 nitrogen and oxygen atoms in total. The Labute approximate surface area is 98.6 Å². The summed E-state index contributed by atoms with van der Waals surface area (Å²) in [4.78, 5) is 0. The Morgan fingerprint density at radius 3 is 2.81 bits per heavy atom. The summed E-state index contributed by atoms with van der Waals surface area (Å²) in [7, 11) is 0. The summed E-state index contributed by atoms with van der Waals surface area (Å²) in [6.07, 6.45) is 5.84. The molecule has 2 rings (SSSR count). The smallest absolute Gasteiger partial charge is 0.0700 e. The summed E-state index contributed by atoms with van der Waals surface area (Å²) in [5.41, 5.74) is 0.0700. The standard InChI is InChI=1S/C13H25NO2/c1-10-11(6-8-16-10)14-9-13(2)7-4-3-5-12(13)15/h10-12,14-15H,3-9H2,1-2H3. The maximum absolute atomic E-state index is 10.1. The molecule has 1 aliphatic heterocycles. The Balaban J connectivity index is 1.83. The van der Waals surface area contributed by atoms with Gasteiger partial charge in [-0.3, -0.25) is 0 Å². The zero-order valence-corrected chi connectivity index (χ0v) is 10.5. The quantitative estimate of drug-likeness (QED) is 0.771. The Morgan fingerprint density at radius 2 is 2.19 bits per heavy atom. The second kappa shape index (κ2) is 5.03. The molecule has 1 saturated carbocycles. The van der Waals surface area contributed by atoms with Crippen LogP contribution in [0.25, 0.3) is 0 Å². The molecule has 0 amide bonds. The van der Waals surface area contributed by atoms with Crippen LogP contribution in [0, 0.1) is 5.41 Å². The summed E-state index contributed by atoms with van der Waals surface area (Å²) in [6, 6.07) is 0.478. The Morgan fingerprint density at radius 1 is 1.38 bits per heavy atom. The molecule has 4 atom stereocenters. The van der Waals surface area contributed by atoms with Crippen molar-refractivity contribution in [2.24, 2.45) is 5.41 Å². The SMILES string of the molecule is CC1OCCC1NCC1(C)CCCCC1O. The van der Waals surface area contributed by atoms with Gasteiger partial charge in [0.25, 0.3) is 0 Å². The highest BCUT2D eigenvalue weighted by atomic mass is 16.5. The van der Waals surface area contributed by atoms with Crippen molar-refractivity contribution in [3.8, 4) is 0 Å². The van der Waals surface area contributed by atoms with Crippen LogP contribution in [0.5, 0.6) is 0 Å². The number of hydrogen-bond donors (Lipinski definition) is 2. The molecule has 0 bridgehead atoms. The summed E-state index contributed by atoms with van der Waals surface area (Å²) in [6.45, 7) is 6.14. The zero-order valence-electron chi connectivity index (χ0n) is 10.5. The van der Waals surface area contributed by atoms with Crippen molar-refractivity contribution in [3.05, 3.63) is 0 Å². The van der Waals surface area contributed by atoms with Crippen LogP contribution in [0.1, 0.15) is 46.0 Å². The molecular weight excluding hydrogens is 202 g/mol. The summed E-state index contributed by atoms with van der Waals surface area (Å²) < 4.78 is 5.54. The molecule has 0 aromatic heterocycles. The minimum atomic E-state index is -0.133. The first-order valence-corrected chi connectivity index (χ1v) is 6.65. The van der Waals surface area contributed by atoms with Gasteiger partial charge in [0, 0.05) is 24.6 Å². The van der Waals surface area contributed by atoms with Gasteiger partial charge < -0.3 is 15.2 Å². The van der Waals surface area contributed by atoms with E-state index in [9.17, 15) is 5.11 Å². The second-order valence-electron chi connectivity index (χ2n) is 5.77. The summed E-state index contributed by atoms with van der Waals surface area (Å²) in [5, 5.41) is 13.7. The largest absolute Gasteiger partial charge is 0.393 e. The lowest BCUT2D eigenvalue weighted by molar-refractivity contribution is -0.00194. The van der Waals surface area contributed by atoms with E-state index in [1.807, 2.05) is 0 Å². The molecule has 0 aromatic rings. The van der Waals surface area contributed by atoms with Crippen LogP contribution < -0.4 is 5.32 Å². The number of aliphatic hydroxyl groups is 1. The lowest BCUT2D eigenvalue weighted by Gasteiger charge is -2.39. The van der Waals surface area contributed by atoms with E-state index < -0.39 is 0 Å². The Kier molecular flexibility index (Phi) is 3.88. The monoisotopic (exact) mass is 227 g/mol. The van der Waals surface area contributed by atoms with Crippen LogP contribution in [-0.4, -0.2) is 36.5 Å². The zero-order chi connectivity index (χ0) is 11.6. The molecule has 3 heteroatoms. The third-order valence-corrected chi connectivity index (χ3v) is 4.42. The first kappa shape index (κ1) is 12.3. The number of hydrogen-bond acceptors (Lipinski definition) is 3. The van der Waals surface area contributed by atoms with Gasteiger partial charge in [0.05, 0.1) is 12.2 Å². The van der Waals surface area contributed by atoms with Crippen molar-refractivity contribution < 1.29 is 9.84 Å². The van der Waals surface area contributed by atoms with E-state index in [1.165, 1.54) is 12.8 Å². The van der Waals surface area contributed by atoms with Crippen LogP contribution >= 0.6 is 0 Å². The van der Waals surface area contributed by atoms with Gasteiger partial charge in [0.1, 0.15) is 0 Å². The van der Waals surface area contributed by atoms with Crippen LogP contribution in [0.15, 0.2) is 0 Å². The summed E-state index contributed by atoms with van der Waals surface area (Å²) in [5.74, 6) is 0. The average molecular weight is 227 g/mol. The molecule has 1 heterocycles. The highest BCUT2D eigenvalue weighted by Crippen LogP contribution is 2.35. The maximum atomic E-state index is 10.1. The second-order valence-corrected chi connectivity index (χ2v) is 5.77. The third kappa shape index (κ3) is 2.58. The van der Waals surface area contributed by atoms with Gasteiger partial charge in [-0.15, -0.1) is 0 Å². The highest BCUT2D eigenvalue weighted by Gasteiger charge is 2.36. The van der Waals surface area contributed by atoms with E-state index in [-0.39, 0.29) is 11.5 Å². The summed E-state index contributed by atoms with van der Waals surface area (Å²) >= 11 is 0. The fourth-order valence-corrected chi connectivity index (χ4v) is 2.95. The predicted octanol–water partition coefficient (Wildman–Crippen LogP) is 1.69. The minimum absolute atomic E-state index is 0.0700. The molecule has 2 fully saturated rings. The molecular formula is C13H25NO2. The molecule has 4 unspecified atom stereocenters. The number of rotatable bonds is 3. The first-order chi connectivity index (χ1) is 7.62. The molecule has 94 valence electrons. The van der Waals surface area contributed by atoms with Crippen LogP contribution in [-0.2, 0) is 4.74 Å². The molecule has 16 heavy (non-hydrogen) atoms. The number of ether oxygens (including phenoxy) is 1. The minimum Gasteiger partial charge on any atom is -0.393 e. The van der Waals surface area contributed by atoms with Gasteiger partial charge in [-0.2, -0.15) is 0 Å². The lowest BCUT2D eigenvalue weighted by atomic mass is 9.73. The predicted molar refractivity (Wildman–Crippen MR) is 64.4 cm³/mol. The van der Waals surface area contributed by atoms with E-state index in [0.717, 1.165) is 32.4 Å². The van der Waals surface area contributed by atoms with E-state index >= 15 is 0 Å². The van der Waals surface area contributed by atoms with Crippen molar-refractivity contribution in [2.75, 3.05) is 13.2 Å². The van der Waals surface area contributed by atoms with Gasteiger partial charge in [-0.1, -0.05) is 19.8 Å². The van der Waals surface area contributed by atoms with Crippen molar-refractivity contribution in [1.29, 1.82) is 0 Å². The van der Waals surface area contributed by atoms with Gasteiger partial charge in [0.2, 0.25) is 0 Å². The van der Waals surface area contributed by atoms with Crippen LogP contribution in [0.2, 0.25) is 0 Å². The third-order valence-electron chi connectivity index (χ3n) is 4.42. The van der Waals surface area contributed by atoms with Crippen molar-refractivity contribution in [3.63, 3.8) is 0 Å².